The fourth-order valence-electron chi connectivity index (χ4n) is 2.10. The second-order valence-corrected chi connectivity index (χ2v) is 5.23. The summed E-state index contributed by atoms with van der Waals surface area (Å²) in [5, 5.41) is 43.0. The lowest BCUT2D eigenvalue weighted by Gasteiger charge is -2.39. The lowest BCUT2D eigenvalue weighted by molar-refractivity contribution is -0.384. The Bertz CT molecular complexity index is 542. The fourth-order valence-corrected chi connectivity index (χ4v) is 2.27. The van der Waals surface area contributed by atoms with Crippen LogP contribution in [0.4, 0.5) is 11.4 Å². The summed E-state index contributed by atoms with van der Waals surface area (Å²) in [6, 6.07) is 3.98. The molecule has 21 heavy (non-hydrogen) atoms. The van der Waals surface area contributed by atoms with E-state index in [1.165, 1.54) is 19.1 Å². The van der Waals surface area contributed by atoms with E-state index in [0.29, 0.717) is 0 Å². The van der Waals surface area contributed by atoms with Gasteiger partial charge in [0.25, 0.3) is 5.69 Å². The maximum absolute atomic E-state index is 11.0. The van der Waals surface area contributed by atoms with Crippen LogP contribution in [0.5, 0.6) is 0 Å². The zero-order valence-corrected chi connectivity index (χ0v) is 11.8. The molecule has 9 heteroatoms. The van der Waals surface area contributed by atoms with Crippen molar-refractivity contribution in [2.75, 3.05) is 5.32 Å². The van der Waals surface area contributed by atoms with Gasteiger partial charge in [0, 0.05) is 11.1 Å². The van der Waals surface area contributed by atoms with Gasteiger partial charge < -0.3 is 25.4 Å². The maximum Gasteiger partial charge on any atom is 0.293 e. The molecular formula is C12H15ClN2O6. The number of rotatable bonds is 3. The highest BCUT2D eigenvalue weighted by atomic mass is 35.5. The van der Waals surface area contributed by atoms with E-state index in [9.17, 15) is 25.4 Å². The third-order valence-corrected chi connectivity index (χ3v) is 3.54. The summed E-state index contributed by atoms with van der Waals surface area (Å²) >= 11 is 5.71. The Morgan fingerprint density at radius 2 is 1.95 bits per heavy atom. The Kier molecular flexibility index (Phi) is 4.64. The molecule has 1 aliphatic rings. The molecule has 1 heterocycles. The highest BCUT2D eigenvalue weighted by molar-refractivity contribution is 6.30. The van der Waals surface area contributed by atoms with Gasteiger partial charge in [0.15, 0.2) is 6.23 Å². The Balaban J connectivity index is 2.24. The van der Waals surface area contributed by atoms with E-state index in [4.69, 9.17) is 16.3 Å². The molecule has 0 aromatic heterocycles. The second-order valence-electron chi connectivity index (χ2n) is 4.80. The fraction of sp³-hybridized carbons (Fsp3) is 0.500. The highest BCUT2D eigenvalue weighted by Crippen LogP contribution is 2.30. The van der Waals surface area contributed by atoms with Crippen molar-refractivity contribution in [1.29, 1.82) is 0 Å². The minimum atomic E-state index is -1.44. The van der Waals surface area contributed by atoms with Crippen molar-refractivity contribution >= 4 is 23.0 Å². The number of halogens is 1. The molecule has 1 aromatic carbocycles. The van der Waals surface area contributed by atoms with E-state index in [-0.39, 0.29) is 16.4 Å². The maximum atomic E-state index is 11.0. The van der Waals surface area contributed by atoms with Crippen LogP contribution in [-0.2, 0) is 4.74 Å². The molecule has 0 unspecified atom stereocenters. The molecule has 5 atom stereocenters. The smallest absolute Gasteiger partial charge is 0.293 e. The first kappa shape index (κ1) is 15.9. The number of ether oxygens (including phenoxy) is 1. The molecule has 2 rings (SSSR count). The van der Waals surface area contributed by atoms with Crippen molar-refractivity contribution in [2.24, 2.45) is 0 Å². The van der Waals surface area contributed by atoms with Gasteiger partial charge in [-0.15, -0.1) is 0 Å². The Morgan fingerprint density at radius 1 is 1.29 bits per heavy atom. The van der Waals surface area contributed by atoms with Crippen LogP contribution >= 0.6 is 11.6 Å². The molecule has 1 fully saturated rings. The van der Waals surface area contributed by atoms with Gasteiger partial charge in [0.05, 0.1) is 11.0 Å². The summed E-state index contributed by atoms with van der Waals surface area (Å²) in [6.45, 7) is 1.52. The SMILES string of the molecule is C[C@@H]1O[C@@H](Nc2ccc(Cl)cc2[N+](=O)[O-])[C@H](O)[C@H](O)[C@@H]1O. The summed E-state index contributed by atoms with van der Waals surface area (Å²) in [6.07, 6.45) is -5.94. The zero-order chi connectivity index (χ0) is 15.7. The quantitative estimate of drug-likeness (QED) is 0.472. The summed E-state index contributed by atoms with van der Waals surface area (Å²) in [5.74, 6) is 0. The second kappa shape index (κ2) is 6.12. The molecule has 1 saturated heterocycles. The van der Waals surface area contributed by atoms with E-state index in [0.717, 1.165) is 6.07 Å². The van der Waals surface area contributed by atoms with Gasteiger partial charge >= 0.3 is 0 Å². The summed E-state index contributed by atoms with van der Waals surface area (Å²) in [5.41, 5.74) is -0.198. The van der Waals surface area contributed by atoms with Crippen LogP contribution in [0.1, 0.15) is 6.92 Å². The van der Waals surface area contributed by atoms with Gasteiger partial charge in [-0.05, 0) is 19.1 Å². The molecule has 0 bridgehead atoms. The van der Waals surface area contributed by atoms with Crippen LogP contribution < -0.4 is 5.32 Å². The molecule has 0 spiro atoms. The van der Waals surface area contributed by atoms with Crippen LogP contribution in [0.2, 0.25) is 5.02 Å². The minimum absolute atomic E-state index is 0.0873. The first-order chi connectivity index (χ1) is 9.81. The molecule has 0 radical (unpaired) electrons. The van der Waals surface area contributed by atoms with Crippen molar-refractivity contribution in [3.8, 4) is 0 Å². The lowest BCUT2D eigenvalue weighted by atomic mass is 9.99. The van der Waals surface area contributed by atoms with Crippen LogP contribution in [0.25, 0.3) is 0 Å². The number of benzene rings is 1. The third kappa shape index (κ3) is 3.25. The van der Waals surface area contributed by atoms with E-state index < -0.39 is 35.6 Å². The highest BCUT2D eigenvalue weighted by Gasteiger charge is 2.42. The van der Waals surface area contributed by atoms with Crippen molar-refractivity contribution in [3.05, 3.63) is 33.3 Å². The summed E-state index contributed by atoms with van der Waals surface area (Å²) in [7, 11) is 0. The van der Waals surface area contributed by atoms with Crippen molar-refractivity contribution < 1.29 is 25.0 Å². The van der Waals surface area contributed by atoms with E-state index in [1.54, 1.807) is 0 Å². The van der Waals surface area contributed by atoms with Gasteiger partial charge in [0.1, 0.15) is 24.0 Å². The number of aliphatic hydroxyl groups is 3. The van der Waals surface area contributed by atoms with Gasteiger partial charge in [-0.3, -0.25) is 10.1 Å². The number of nitrogens with zero attached hydrogens (tertiary/aromatic N) is 1. The standard InChI is InChI=1S/C12H15ClN2O6/c1-5-9(16)10(17)11(18)12(21-5)14-7-3-2-6(13)4-8(7)15(19)20/h2-5,9-12,14,16-18H,1H3/t5-,9+,10+,11+,12+/m0/s1. The van der Waals surface area contributed by atoms with Crippen LogP contribution in [-0.4, -0.2) is 50.9 Å². The molecule has 1 aliphatic heterocycles. The predicted octanol–water partition coefficient (Wildman–Crippen LogP) is 0.488. The molecule has 1 aromatic rings. The number of nitrogens with one attached hydrogen (secondary N) is 1. The van der Waals surface area contributed by atoms with Crippen LogP contribution in [0.15, 0.2) is 18.2 Å². The van der Waals surface area contributed by atoms with E-state index in [2.05, 4.69) is 5.32 Å². The third-order valence-electron chi connectivity index (χ3n) is 3.31. The van der Waals surface area contributed by atoms with E-state index >= 15 is 0 Å². The van der Waals surface area contributed by atoms with Crippen molar-refractivity contribution in [2.45, 2.75) is 37.6 Å². The lowest BCUT2D eigenvalue weighted by Crippen LogP contribution is -2.58. The summed E-state index contributed by atoms with van der Waals surface area (Å²) < 4.78 is 5.32. The monoisotopic (exact) mass is 318 g/mol. The van der Waals surface area contributed by atoms with Crippen LogP contribution in [0.3, 0.4) is 0 Å². The Hall–Kier alpha value is -1.45. The van der Waals surface area contributed by atoms with E-state index in [1.807, 2.05) is 0 Å². The van der Waals surface area contributed by atoms with Gasteiger partial charge in [0.2, 0.25) is 0 Å². The van der Waals surface area contributed by atoms with Gasteiger partial charge in [-0.2, -0.15) is 0 Å². The number of hydrogen-bond acceptors (Lipinski definition) is 7. The molecule has 0 aliphatic carbocycles. The molecule has 0 saturated carbocycles. The topological polar surface area (TPSA) is 125 Å². The molecule has 116 valence electrons. The first-order valence-corrected chi connectivity index (χ1v) is 6.59. The van der Waals surface area contributed by atoms with Gasteiger partial charge in [-0.1, -0.05) is 11.6 Å². The molecule has 8 nitrogen and oxygen atoms in total. The molecular weight excluding hydrogens is 304 g/mol. The van der Waals surface area contributed by atoms with Gasteiger partial charge in [-0.25, -0.2) is 0 Å². The predicted molar refractivity (Wildman–Crippen MR) is 74.1 cm³/mol. The van der Waals surface area contributed by atoms with Crippen molar-refractivity contribution in [1.82, 2.24) is 0 Å². The zero-order valence-electron chi connectivity index (χ0n) is 11.0. The minimum Gasteiger partial charge on any atom is -0.388 e. The molecule has 4 N–H and O–H groups in total. The number of nitro groups is 1. The van der Waals surface area contributed by atoms with Crippen LogP contribution in [0, 0.1) is 10.1 Å². The number of anilines is 1. The number of aliphatic hydroxyl groups excluding tert-OH is 3. The summed E-state index contributed by atoms with van der Waals surface area (Å²) in [4.78, 5) is 10.4. The average molecular weight is 319 g/mol. The molecule has 0 amide bonds. The first-order valence-electron chi connectivity index (χ1n) is 6.21. The number of nitro benzene ring substituents is 1. The largest absolute Gasteiger partial charge is 0.388 e. The van der Waals surface area contributed by atoms with Crippen molar-refractivity contribution in [3.63, 3.8) is 0 Å². The Labute approximate surface area is 125 Å². The normalized spacial score (nSPS) is 32.7. The number of hydrogen-bond donors (Lipinski definition) is 4. The Morgan fingerprint density at radius 3 is 2.57 bits per heavy atom. The average Bonchev–Trinajstić information content (AvgIpc) is 2.44.